The van der Waals surface area contributed by atoms with Gasteiger partial charge in [-0.15, -0.1) is 0 Å². The van der Waals surface area contributed by atoms with Crippen LogP contribution in [0, 0.1) is 20.8 Å². The summed E-state index contributed by atoms with van der Waals surface area (Å²) in [5.41, 5.74) is 45.7. The summed E-state index contributed by atoms with van der Waals surface area (Å²) >= 11 is 0. The molecule has 0 atom stereocenters. The molecular weight excluding hydrogens is 1530 g/mol. The van der Waals surface area contributed by atoms with Crippen molar-refractivity contribution in [3.8, 4) is 122 Å². The predicted octanol–water partition coefficient (Wildman–Crippen LogP) is 35.1. The Morgan fingerprint density at radius 2 is 0.409 bits per heavy atom. The van der Waals surface area contributed by atoms with Crippen molar-refractivity contribution in [3.63, 3.8) is 0 Å². The molecular formula is C127H104. The number of hydrogen-bond donors (Lipinski definition) is 0. The molecule has 127 heavy (non-hydrogen) atoms. The van der Waals surface area contributed by atoms with Gasteiger partial charge in [-0.2, -0.15) is 0 Å². The monoisotopic (exact) mass is 1630 g/mol. The number of fused-ring (bicyclic) bond motifs is 18. The molecule has 4 aliphatic rings. The van der Waals surface area contributed by atoms with Crippen molar-refractivity contribution in [1.29, 1.82) is 0 Å². The van der Waals surface area contributed by atoms with Crippen LogP contribution in [0.3, 0.4) is 0 Å². The van der Waals surface area contributed by atoms with Crippen LogP contribution >= 0.6 is 0 Å². The fourth-order valence-corrected chi connectivity index (χ4v) is 23.0. The van der Waals surface area contributed by atoms with Crippen LogP contribution in [0.5, 0.6) is 0 Å². The molecule has 0 N–H and O–H groups in total. The second-order valence-electron chi connectivity index (χ2n) is 39.4. The van der Waals surface area contributed by atoms with Crippen LogP contribution in [0.1, 0.15) is 143 Å². The van der Waals surface area contributed by atoms with Gasteiger partial charge in [0.2, 0.25) is 0 Å². The quantitative estimate of drug-likeness (QED) is 0.140. The Kier molecular flexibility index (Phi) is 18.4. The SMILES string of the molecule is Cc1ccc2c(-c3ccc(-c4ccccc4)cc3)c3ccccc3c(-c3cccc4c3-c3ccccc3C4(C)C)c2c1.Cc1ccc2c(-c3ccc(C(C)(C)C)cc3)c3ccccc3c(-c3cccc4c3-c3ccccc3C4(C)C)c2c1.Cc1ccc2c(-c3ccc4c(c3)C(C)(C)c3ccccc3-4)c3ccccc3c(-c3cccc4c3-c3ccccc3C4(C)C)c2c1. The third-order valence-electron chi connectivity index (χ3n) is 29.4. The van der Waals surface area contributed by atoms with E-state index < -0.39 is 0 Å². The van der Waals surface area contributed by atoms with Crippen LogP contribution in [0.15, 0.2) is 376 Å². The van der Waals surface area contributed by atoms with E-state index in [1.165, 1.54) is 254 Å². The van der Waals surface area contributed by atoms with E-state index in [2.05, 4.69) is 473 Å². The summed E-state index contributed by atoms with van der Waals surface area (Å²) in [6.45, 7) is 32.4. The molecule has 20 aromatic carbocycles. The molecule has 0 saturated carbocycles. The molecule has 0 saturated heterocycles. The average molecular weight is 1630 g/mol. The highest BCUT2D eigenvalue weighted by Gasteiger charge is 2.42. The molecule has 0 amide bonds. The highest BCUT2D eigenvalue weighted by molar-refractivity contribution is 6.26. The summed E-state index contributed by atoms with van der Waals surface area (Å²) in [7, 11) is 0. The van der Waals surface area contributed by atoms with Crippen molar-refractivity contribution >= 4 is 64.6 Å². The van der Waals surface area contributed by atoms with Crippen LogP contribution in [0.25, 0.3) is 187 Å². The van der Waals surface area contributed by atoms with E-state index in [-0.39, 0.29) is 27.1 Å². The van der Waals surface area contributed by atoms with Crippen molar-refractivity contribution in [1.82, 2.24) is 0 Å². The molecule has 0 fully saturated rings. The molecule has 612 valence electrons. The van der Waals surface area contributed by atoms with E-state index in [9.17, 15) is 0 Å². The summed E-state index contributed by atoms with van der Waals surface area (Å²) in [5, 5.41) is 15.7. The normalized spacial score (nSPS) is 14.2. The van der Waals surface area contributed by atoms with E-state index in [1.807, 2.05) is 0 Å². The number of benzene rings is 20. The van der Waals surface area contributed by atoms with Gasteiger partial charge in [0.05, 0.1) is 0 Å². The molecule has 0 bridgehead atoms. The minimum absolute atomic E-state index is 0.0296. The van der Waals surface area contributed by atoms with Gasteiger partial charge in [-0.3, -0.25) is 0 Å². The van der Waals surface area contributed by atoms with Gasteiger partial charge in [0.15, 0.2) is 0 Å². The van der Waals surface area contributed by atoms with Crippen molar-refractivity contribution in [2.24, 2.45) is 0 Å². The highest BCUT2D eigenvalue weighted by Crippen LogP contribution is 2.60. The molecule has 0 nitrogen and oxygen atoms in total. The van der Waals surface area contributed by atoms with Crippen LogP contribution in [-0.4, -0.2) is 0 Å². The van der Waals surface area contributed by atoms with Gasteiger partial charge in [-0.1, -0.05) is 463 Å². The third-order valence-corrected chi connectivity index (χ3v) is 29.4. The van der Waals surface area contributed by atoms with Crippen molar-refractivity contribution < 1.29 is 0 Å². The fourth-order valence-electron chi connectivity index (χ4n) is 23.0. The van der Waals surface area contributed by atoms with Gasteiger partial charge in [-0.05, 0) is 269 Å². The van der Waals surface area contributed by atoms with E-state index in [0.717, 1.165) is 0 Å². The zero-order valence-corrected chi connectivity index (χ0v) is 75.3. The molecule has 24 rings (SSSR count). The van der Waals surface area contributed by atoms with Crippen molar-refractivity contribution in [3.05, 3.63) is 443 Å². The molecule has 0 radical (unpaired) electrons. The lowest BCUT2D eigenvalue weighted by Gasteiger charge is -2.24. The molecule has 0 aromatic heterocycles. The molecule has 0 aliphatic heterocycles. The van der Waals surface area contributed by atoms with Crippen LogP contribution in [-0.2, 0) is 27.1 Å². The number of aryl methyl sites for hydroxylation is 3. The van der Waals surface area contributed by atoms with Crippen molar-refractivity contribution in [2.45, 2.75) is 124 Å². The summed E-state index contributed by atoms with van der Waals surface area (Å²) in [6, 6.07) is 141. The second-order valence-corrected chi connectivity index (χ2v) is 39.4. The first-order valence-corrected chi connectivity index (χ1v) is 45.5. The minimum Gasteiger partial charge on any atom is -0.0622 e. The number of hydrogen-bond acceptors (Lipinski definition) is 0. The summed E-state index contributed by atoms with van der Waals surface area (Å²) < 4.78 is 0. The summed E-state index contributed by atoms with van der Waals surface area (Å²) in [5.74, 6) is 0. The average Bonchev–Trinajstić information content (AvgIpc) is 1.61. The maximum absolute atomic E-state index is 2.48. The largest absolute Gasteiger partial charge is 0.0622 e. The van der Waals surface area contributed by atoms with Crippen LogP contribution < -0.4 is 0 Å². The van der Waals surface area contributed by atoms with E-state index in [0.29, 0.717) is 0 Å². The van der Waals surface area contributed by atoms with E-state index >= 15 is 0 Å². The van der Waals surface area contributed by atoms with Crippen LogP contribution in [0.4, 0.5) is 0 Å². The second kappa shape index (κ2) is 29.6. The van der Waals surface area contributed by atoms with Gasteiger partial charge in [0, 0.05) is 21.7 Å². The third kappa shape index (κ3) is 12.4. The van der Waals surface area contributed by atoms with Gasteiger partial charge in [-0.25, -0.2) is 0 Å². The minimum atomic E-state index is -0.0468. The van der Waals surface area contributed by atoms with Gasteiger partial charge < -0.3 is 0 Å². The Labute approximate surface area is 748 Å². The van der Waals surface area contributed by atoms with Gasteiger partial charge in [0.1, 0.15) is 0 Å². The zero-order chi connectivity index (χ0) is 86.9. The maximum Gasteiger partial charge on any atom is 0.0159 e. The van der Waals surface area contributed by atoms with Crippen LogP contribution in [0.2, 0.25) is 0 Å². The highest BCUT2D eigenvalue weighted by atomic mass is 14.4. The lowest BCUT2D eigenvalue weighted by atomic mass is 9.79. The Bertz CT molecular complexity index is 7960. The van der Waals surface area contributed by atoms with Gasteiger partial charge in [0.25, 0.3) is 0 Å². The lowest BCUT2D eigenvalue weighted by Crippen LogP contribution is -2.14. The van der Waals surface area contributed by atoms with Gasteiger partial charge >= 0.3 is 0 Å². The first kappa shape index (κ1) is 78.9. The maximum atomic E-state index is 2.48. The van der Waals surface area contributed by atoms with E-state index in [1.54, 1.807) is 0 Å². The molecule has 4 aliphatic carbocycles. The predicted molar refractivity (Wildman–Crippen MR) is 546 cm³/mol. The Hall–Kier alpha value is -14.0. The summed E-state index contributed by atoms with van der Waals surface area (Å²) in [4.78, 5) is 0. The standard InChI is InChI=1S/C45H36.C42H32.C40H36/c1-27-21-23-33-36(25-27)42(35-17-12-20-39-43(35)34-16-9-11-19-38(34)44(39,2)3)32-15-7-6-14-31(32)41(33)28-22-24-30-29-13-8-10-18-37(29)45(4,5)40(30)26-28;1-27-20-25-33-36(26-27)40(35-17-11-19-38-41(35)34-16-9-10-18-37(34)42(38,2)3)32-15-8-7-14-31(32)39(33)30-23-21-29(22-24-30)28-12-5-4-6-13-28;1-25-18-23-30-33(24-25)37(32-15-11-17-35-38(32)31-14-9-10-16-34(31)40(35,5)6)29-13-8-7-12-28(29)36(30)26-19-21-27(22-20-26)39(2,3)4/h6-26H,1-5H3;4-26H,1-3H3;7-24H,1-6H3. The first-order valence-electron chi connectivity index (χ1n) is 45.5. The van der Waals surface area contributed by atoms with Crippen molar-refractivity contribution in [2.75, 3.05) is 0 Å². The molecule has 20 aromatic rings. The molecule has 0 spiro atoms. The number of rotatable bonds is 7. The molecule has 0 heterocycles. The fraction of sp³-hybridized carbons (Fsp3) is 0.150. The Morgan fingerprint density at radius 3 is 0.780 bits per heavy atom. The smallest absolute Gasteiger partial charge is 0.0159 e. The zero-order valence-electron chi connectivity index (χ0n) is 75.3. The lowest BCUT2D eigenvalue weighted by molar-refractivity contribution is 0.590. The first-order chi connectivity index (χ1) is 61.4. The molecule has 0 unspecified atom stereocenters. The Balaban J connectivity index is 0.000000113. The summed E-state index contributed by atoms with van der Waals surface area (Å²) in [6.07, 6.45) is 0. The topological polar surface area (TPSA) is 0 Å². The molecule has 0 heteroatoms. The Morgan fingerprint density at radius 1 is 0.157 bits per heavy atom. The van der Waals surface area contributed by atoms with E-state index in [4.69, 9.17) is 0 Å².